The SMILES string of the molecule is CN(C(=O)[C@H](N)C(C)(C)C)C1(C(=O)C2=CC=C(NO)[C@H](Cc3ccc4ccccc4c3)C2=O)C(=O)CCC1=O. The minimum absolute atomic E-state index is 0.145. The number of hydroxylamine groups is 1. The normalized spacial score (nSPS) is 19.9. The summed E-state index contributed by atoms with van der Waals surface area (Å²) >= 11 is 0. The molecular formula is C30H33N3O6. The number of ketones is 4. The molecule has 4 rings (SSSR count). The number of carbonyl (C=O) groups excluding carboxylic acids is 5. The van der Waals surface area contributed by atoms with Crippen molar-refractivity contribution >= 4 is 39.8 Å². The number of fused-ring (bicyclic) bond motifs is 1. The van der Waals surface area contributed by atoms with Crippen LogP contribution in [0.1, 0.15) is 39.2 Å². The summed E-state index contributed by atoms with van der Waals surface area (Å²) in [7, 11) is 1.21. The molecule has 9 heteroatoms. The van der Waals surface area contributed by atoms with Gasteiger partial charge in [-0.05, 0) is 40.3 Å². The van der Waals surface area contributed by atoms with Crippen LogP contribution in [0.25, 0.3) is 10.8 Å². The topological polar surface area (TPSA) is 147 Å². The van der Waals surface area contributed by atoms with Crippen LogP contribution in [0.3, 0.4) is 0 Å². The molecule has 1 amide bonds. The van der Waals surface area contributed by atoms with E-state index >= 15 is 0 Å². The Morgan fingerprint density at radius 2 is 1.67 bits per heavy atom. The molecule has 1 saturated carbocycles. The highest BCUT2D eigenvalue weighted by Crippen LogP contribution is 2.36. The fourth-order valence-corrected chi connectivity index (χ4v) is 5.27. The molecular weight excluding hydrogens is 498 g/mol. The van der Waals surface area contributed by atoms with E-state index < -0.39 is 52.0 Å². The van der Waals surface area contributed by atoms with Crippen LogP contribution in [0.2, 0.25) is 0 Å². The van der Waals surface area contributed by atoms with Crippen molar-refractivity contribution in [1.82, 2.24) is 10.4 Å². The van der Waals surface area contributed by atoms with Gasteiger partial charge in [-0.15, -0.1) is 0 Å². The number of hydrogen-bond acceptors (Lipinski definition) is 8. The van der Waals surface area contributed by atoms with Crippen molar-refractivity contribution in [1.29, 1.82) is 0 Å². The second kappa shape index (κ2) is 10.3. The van der Waals surface area contributed by atoms with Crippen molar-refractivity contribution < 1.29 is 29.2 Å². The fraction of sp³-hybridized carbons (Fsp3) is 0.367. The molecule has 0 bridgehead atoms. The molecule has 2 atom stereocenters. The lowest BCUT2D eigenvalue weighted by atomic mass is 9.76. The van der Waals surface area contributed by atoms with Gasteiger partial charge < -0.3 is 10.6 Å². The summed E-state index contributed by atoms with van der Waals surface area (Å²) in [5, 5.41) is 11.7. The van der Waals surface area contributed by atoms with E-state index in [-0.39, 0.29) is 30.5 Å². The predicted octanol–water partition coefficient (Wildman–Crippen LogP) is 2.44. The summed E-state index contributed by atoms with van der Waals surface area (Å²) in [6, 6.07) is 12.3. The molecule has 2 aromatic rings. The van der Waals surface area contributed by atoms with Crippen molar-refractivity contribution in [2.24, 2.45) is 17.1 Å². The third kappa shape index (κ3) is 4.72. The van der Waals surface area contributed by atoms with E-state index in [1.165, 1.54) is 19.2 Å². The van der Waals surface area contributed by atoms with Crippen LogP contribution in [0.15, 0.2) is 65.9 Å². The zero-order valence-electron chi connectivity index (χ0n) is 22.5. The molecule has 2 aliphatic rings. The Labute approximate surface area is 226 Å². The third-order valence-electron chi connectivity index (χ3n) is 7.76. The molecule has 4 N–H and O–H groups in total. The lowest BCUT2D eigenvalue weighted by Crippen LogP contribution is -2.66. The van der Waals surface area contributed by atoms with Gasteiger partial charge in [0, 0.05) is 25.6 Å². The van der Waals surface area contributed by atoms with E-state index in [1.54, 1.807) is 20.8 Å². The number of carbonyl (C=O) groups is 5. The standard InChI is InChI=1S/C30H33N3O6/c1-29(2,3)26(31)28(38)33(4)30(23(34)13-14-24(30)35)27(37)20-11-12-22(32-39)21(25(20)36)16-17-9-10-18-7-5-6-8-19(18)15-17/h5-12,15,21,26,32,39H,13-14,16,31H2,1-4H3/t21-,26-/m0/s1. The molecule has 9 nitrogen and oxygen atoms in total. The molecule has 0 radical (unpaired) electrons. The van der Waals surface area contributed by atoms with Gasteiger partial charge in [0.2, 0.25) is 17.2 Å². The first-order chi connectivity index (χ1) is 18.3. The van der Waals surface area contributed by atoms with Crippen LogP contribution in [-0.4, -0.2) is 57.8 Å². The average Bonchev–Trinajstić information content (AvgIpc) is 3.21. The number of benzene rings is 2. The van der Waals surface area contributed by atoms with Crippen molar-refractivity contribution in [3.63, 3.8) is 0 Å². The minimum atomic E-state index is -2.47. The van der Waals surface area contributed by atoms with Gasteiger partial charge in [-0.3, -0.25) is 34.7 Å². The van der Waals surface area contributed by atoms with E-state index in [2.05, 4.69) is 0 Å². The molecule has 2 aromatic carbocycles. The second-order valence-corrected chi connectivity index (χ2v) is 11.2. The van der Waals surface area contributed by atoms with Crippen molar-refractivity contribution in [2.75, 3.05) is 7.05 Å². The van der Waals surface area contributed by atoms with E-state index in [9.17, 15) is 29.2 Å². The Balaban J connectivity index is 1.72. The van der Waals surface area contributed by atoms with Gasteiger partial charge in [0.1, 0.15) is 0 Å². The van der Waals surface area contributed by atoms with Crippen molar-refractivity contribution in [3.05, 3.63) is 71.5 Å². The highest BCUT2D eigenvalue weighted by atomic mass is 16.5. The quantitative estimate of drug-likeness (QED) is 0.280. The Morgan fingerprint density at radius 1 is 1.05 bits per heavy atom. The number of nitrogens with one attached hydrogen (secondary N) is 1. The Morgan fingerprint density at radius 3 is 2.26 bits per heavy atom. The van der Waals surface area contributed by atoms with Gasteiger partial charge in [-0.25, -0.2) is 0 Å². The van der Waals surface area contributed by atoms with E-state index in [1.807, 2.05) is 47.9 Å². The van der Waals surface area contributed by atoms with Gasteiger partial charge >= 0.3 is 0 Å². The number of allylic oxidation sites excluding steroid dienone is 3. The molecule has 0 spiro atoms. The number of Topliss-reactive ketones (excluding diaryl/α,β-unsaturated/α-hetero) is 4. The van der Waals surface area contributed by atoms with Crippen LogP contribution >= 0.6 is 0 Å². The minimum Gasteiger partial charge on any atom is -0.319 e. The maximum Gasteiger partial charge on any atom is 0.241 e. The highest BCUT2D eigenvalue weighted by Gasteiger charge is 2.62. The first kappa shape index (κ1) is 28.1. The number of rotatable bonds is 7. The van der Waals surface area contributed by atoms with Crippen LogP contribution < -0.4 is 11.2 Å². The van der Waals surface area contributed by atoms with Gasteiger partial charge in [0.25, 0.3) is 0 Å². The second-order valence-electron chi connectivity index (χ2n) is 11.2. The summed E-state index contributed by atoms with van der Waals surface area (Å²) in [6.07, 6.45) is 2.25. The molecule has 2 aliphatic carbocycles. The number of nitrogens with zero attached hydrogens (tertiary/aromatic N) is 1. The fourth-order valence-electron chi connectivity index (χ4n) is 5.27. The molecule has 204 valence electrons. The highest BCUT2D eigenvalue weighted by molar-refractivity contribution is 6.42. The van der Waals surface area contributed by atoms with Crippen molar-refractivity contribution in [2.45, 2.75) is 51.6 Å². The third-order valence-corrected chi connectivity index (χ3v) is 7.76. The Bertz CT molecular complexity index is 1430. The monoisotopic (exact) mass is 531 g/mol. The molecule has 39 heavy (non-hydrogen) atoms. The van der Waals surface area contributed by atoms with E-state index in [0.29, 0.717) is 0 Å². The molecule has 0 saturated heterocycles. The van der Waals surface area contributed by atoms with E-state index in [4.69, 9.17) is 5.73 Å². The van der Waals surface area contributed by atoms with Crippen LogP contribution in [-0.2, 0) is 30.4 Å². The number of likely N-dealkylation sites (N-methyl/N-ethyl adjacent to an activating group) is 1. The average molecular weight is 532 g/mol. The lowest BCUT2D eigenvalue weighted by molar-refractivity contribution is -0.156. The Hall–Kier alpha value is -3.95. The molecule has 0 heterocycles. The summed E-state index contributed by atoms with van der Waals surface area (Å²) < 4.78 is 0. The molecule has 1 fully saturated rings. The molecule has 0 aromatic heterocycles. The predicted molar refractivity (Wildman–Crippen MR) is 144 cm³/mol. The lowest BCUT2D eigenvalue weighted by Gasteiger charge is -2.39. The van der Waals surface area contributed by atoms with Gasteiger partial charge in [-0.2, -0.15) is 0 Å². The molecule has 0 unspecified atom stereocenters. The number of hydrogen-bond donors (Lipinski definition) is 3. The number of nitrogens with two attached hydrogens (primary N) is 1. The summed E-state index contributed by atoms with van der Waals surface area (Å²) in [5.74, 6) is -4.94. The van der Waals surface area contributed by atoms with Crippen LogP contribution in [0.5, 0.6) is 0 Å². The van der Waals surface area contributed by atoms with Gasteiger partial charge in [0.05, 0.1) is 17.5 Å². The summed E-state index contributed by atoms with van der Waals surface area (Å²) in [5.41, 5.74) is 5.58. The van der Waals surface area contributed by atoms with Crippen LogP contribution in [0.4, 0.5) is 0 Å². The maximum atomic E-state index is 14.1. The molecule has 0 aliphatic heterocycles. The zero-order chi connectivity index (χ0) is 28.7. The largest absolute Gasteiger partial charge is 0.319 e. The smallest absolute Gasteiger partial charge is 0.241 e. The summed E-state index contributed by atoms with van der Waals surface area (Å²) in [6.45, 7) is 5.19. The Kier molecular flexibility index (Phi) is 7.42. The maximum absolute atomic E-state index is 14.1. The van der Waals surface area contributed by atoms with E-state index in [0.717, 1.165) is 21.2 Å². The zero-order valence-corrected chi connectivity index (χ0v) is 22.5. The number of amides is 1. The first-order valence-electron chi connectivity index (χ1n) is 12.8. The van der Waals surface area contributed by atoms with Crippen molar-refractivity contribution in [3.8, 4) is 0 Å². The van der Waals surface area contributed by atoms with Crippen LogP contribution in [0, 0.1) is 11.3 Å². The first-order valence-corrected chi connectivity index (χ1v) is 12.8. The van der Waals surface area contributed by atoms with Gasteiger partial charge in [-0.1, -0.05) is 63.2 Å². The van der Waals surface area contributed by atoms with Gasteiger partial charge in [0.15, 0.2) is 17.3 Å². The summed E-state index contributed by atoms with van der Waals surface area (Å²) in [4.78, 5) is 68.5.